The van der Waals surface area contributed by atoms with Gasteiger partial charge in [-0.1, -0.05) is 53.4 Å². The van der Waals surface area contributed by atoms with Crippen molar-refractivity contribution < 1.29 is 19.1 Å². The van der Waals surface area contributed by atoms with Gasteiger partial charge in [-0.2, -0.15) is 12.6 Å². The molecule has 0 bridgehead atoms. The Hall–Kier alpha value is -0.750. The third-order valence-electron chi connectivity index (χ3n) is 6.96. The van der Waals surface area contributed by atoms with E-state index in [1.54, 1.807) is 0 Å². The molecule has 0 spiro atoms. The lowest BCUT2D eigenvalue weighted by Crippen LogP contribution is -2.62. The minimum Gasteiger partial charge on any atom is -0.464 e. The molecule has 0 radical (unpaired) electrons. The first-order valence-corrected chi connectivity index (χ1v) is 13.3. The number of carbonyl (C=O) groups is 2. The van der Waals surface area contributed by atoms with Gasteiger partial charge in [0.25, 0.3) is 0 Å². The number of hydrogen-bond acceptors (Lipinski definition) is 6. The average molecular weight is 472 g/mol. The van der Waals surface area contributed by atoms with Crippen LogP contribution in [0.4, 0.5) is 0 Å². The number of likely N-dealkylation sites (tertiary alicyclic amines) is 1. The van der Waals surface area contributed by atoms with Crippen molar-refractivity contribution in [1.82, 2.24) is 4.90 Å². The smallest absolute Gasteiger partial charge is 0.309 e. The summed E-state index contributed by atoms with van der Waals surface area (Å²) in [6, 6.07) is 0. The molecular formula is C26H49NO4S. The van der Waals surface area contributed by atoms with Crippen LogP contribution in [0.5, 0.6) is 0 Å². The molecule has 0 N–H and O–H groups in total. The van der Waals surface area contributed by atoms with Crippen molar-refractivity contribution in [2.45, 2.75) is 129 Å². The van der Waals surface area contributed by atoms with E-state index >= 15 is 0 Å². The normalized spacial score (nSPS) is 25.2. The molecule has 0 amide bonds. The van der Waals surface area contributed by atoms with E-state index in [-0.39, 0.29) is 35.4 Å². The van der Waals surface area contributed by atoms with Gasteiger partial charge < -0.3 is 9.47 Å². The maximum Gasteiger partial charge on any atom is 0.309 e. The first-order valence-electron chi connectivity index (χ1n) is 12.9. The SMILES string of the molecule is CCCCC(CC)C(=O)OCCN1C(C)(C)CC(OC(=O)C(CC)CCCC)CC1(C)S. The van der Waals surface area contributed by atoms with Gasteiger partial charge in [0.15, 0.2) is 0 Å². The van der Waals surface area contributed by atoms with Gasteiger partial charge in [-0.15, -0.1) is 0 Å². The first-order chi connectivity index (χ1) is 15.0. The predicted octanol–water partition coefficient (Wildman–Crippen LogP) is 6.39. The van der Waals surface area contributed by atoms with Crippen LogP contribution in [0.1, 0.15) is 113 Å². The highest BCUT2D eigenvalue weighted by Crippen LogP contribution is 2.42. The number of hydrogen-bond donors (Lipinski definition) is 1. The van der Waals surface area contributed by atoms with E-state index in [0.717, 1.165) is 57.8 Å². The molecule has 1 heterocycles. The average Bonchev–Trinajstić information content (AvgIpc) is 2.70. The van der Waals surface area contributed by atoms with Gasteiger partial charge in [-0.05, 0) is 46.5 Å². The number of rotatable bonds is 14. The largest absolute Gasteiger partial charge is 0.464 e. The highest BCUT2D eigenvalue weighted by Gasteiger charge is 2.47. The molecule has 1 fully saturated rings. The number of thiol groups is 1. The minimum atomic E-state index is -0.448. The second-order valence-corrected chi connectivity index (χ2v) is 11.3. The van der Waals surface area contributed by atoms with Gasteiger partial charge in [0, 0.05) is 24.9 Å². The third kappa shape index (κ3) is 8.89. The summed E-state index contributed by atoms with van der Waals surface area (Å²) in [6.07, 6.45) is 9.00. The molecule has 32 heavy (non-hydrogen) atoms. The van der Waals surface area contributed by atoms with Crippen molar-refractivity contribution in [3.05, 3.63) is 0 Å². The summed E-state index contributed by atoms with van der Waals surface area (Å²) in [5.41, 5.74) is -0.219. The fraction of sp³-hybridized carbons (Fsp3) is 0.923. The molecule has 4 unspecified atom stereocenters. The maximum absolute atomic E-state index is 12.7. The molecular weight excluding hydrogens is 422 g/mol. The Morgan fingerprint density at radius 3 is 1.94 bits per heavy atom. The molecule has 1 saturated heterocycles. The summed E-state index contributed by atoms with van der Waals surface area (Å²) in [7, 11) is 0. The Labute approximate surface area is 202 Å². The molecule has 1 aliphatic heterocycles. The van der Waals surface area contributed by atoms with E-state index in [1.165, 1.54) is 0 Å². The van der Waals surface area contributed by atoms with Crippen LogP contribution in [-0.4, -0.2) is 46.5 Å². The minimum absolute atomic E-state index is 0.00489. The van der Waals surface area contributed by atoms with Gasteiger partial charge >= 0.3 is 11.9 Å². The van der Waals surface area contributed by atoms with Crippen LogP contribution in [0.3, 0.4) is 0 Å². The van der Waals surface area contributed by atoms with Crippen molar-refractivity contribution in [3.8, 4) is 0 Å². The van der Waals surface area contributed by atoms with Crippen LogP contribution in [0.25, 0.3) is 0 Å². The van der Waals surface area contributed by atoms with E-state index in [1.807, 2.05) is 6.92 Å². The number of unbranched alkanes of at least 4 members (excludes halogenated alkanes) is 2. The Bertz CT molecular complexity index is 560. The number of esters is 2. The number of ether oxygens (including phenoxy) is 2. The standard InChI is InChI=1S/C26H49NO4S/c1-8-12-14-20(10-3)23(28)30-17-16-27-25(5,6)18-22(19-26(27,7)32)31-24(29)21(11-4)15-13-9-2/h20-22,32H,8-19H2,1-7H3. The Morgan fingerprint density at radius 1 is 0.938 bits per heavy atom. The summed E-state index contributed by atoms with van der Waals surface area (Å²) in [6.45, 7) is 15.8. The quantitative estimate of drug-likeness (QED) is 0.235. The van der Waals surface area contributed by atoms with Crippen LogP contribution < -0.4 is 0 Å². The third-order valence-corrected chi connectivity index (χ3v) is 7.38. The highest BCUT2D eigenvalue weighted by atomic mass is 32.1. The highest BCUT2D eigenvalue weighted by molar-refractivity contribution is 7.81. The maximum atomic E-state index is 12.7. The predicted molar refractivity (Wildman–Crippen MR) is 135 cm³/mol. The molecule has 6 heteroatoms. The van der Waals surface area contributed by atoms with Gasteiger partial charge in [-0.25, -0.2) is 0 Å². The topological polar surface area (TPSA) is 55.8 Å². The lowest BCUT2D eigenvalue weighted by molar-refractivity contribution is -0.164. The molecule has 0 aromatic heterocycles. The summed E-state index contributed by atoms with van der Waals surface area (Å²) in [5.74, 6) is -0.164. The summed E-state index contributed by atoms with van der Waals surface area (Å²) in [5, 5.41) is 0. The number of piperidine rings is 1. The summed E-state index contributed by atoms with van der Waals surface area (Å²) < 4.78 is 11.6. The zero-order valence-corrected chi connectivity index (χ0v) is 22.6. The summed E-state index contributed by atoms with van der Waals surface area (Å²) >= 11 is 4.96. The van der Waals surface area contributed by atoms with E-state index < -0.39 is 4.87 Å². The Morgan fingerprint density at radius 2 is 1.47 bits per heavy atom. The second-order valence-electron chi connectivity index (χ2n) is 10.3. The van der Waals surface area contributed by atoms with E-state index in [9.17, 15) is 9.59 Å². The van der Waals surface area contributed by atoms with Gasteiger partial charge in [0.1, 0.15) is 12.7 Å². The van der Waals surface area contributed by atoms with Gasteiger partial charge in [-0.3, -0.25) is 14.5 Å². The van der Waals surface area contributed by atoms with Crippen LogP contribution in [0, 0.1) is 11.8 Å². The number of carbonyl (C=O) groups excluding carboxylic acids is 2. The molecule has 4 atom stereocenters. The zero-order chi connectivity index (χ0) is 24.4. The van der Waals surface area contributed by atoms with Crippen molar-refractivity contribution >= 4 is 24.6 Å². The van der Waals surface area contributed by atoms with Crippen LogP contribution in [0.2, 0.25) is 0 Å². The second kappa shape index (κ2) is 13.8. The van der Waals surface area contributed by atoms with Gasteiger partial charge in [0.2, 0.25) is 0 Å². The van der Waals surface area contributed by atoms with E-state index in [0.29, 0.717) is 19.6 Å². The zero-order valence-electron chi connectivity index (χ0n) is 21.7. The van der Waals surface area contributed by atoms with E-state index in [2.05, 4.69) is 46.4 Å². The van der Waals surface area contributed by atoms with Crippen LogP contribution >= 0.6 is 12.6 Å². The molecule has 1 rings (SSSR count). The molecule has 0 aliphatic carbocycles. The molecule has 0 saturated carbocycles. The number of nitrogens with zero attached hydrogens (tertiary/aromatic N) is 1. The van der Waals surface area contributed by atoms with Crippen LogP contribution in [0.15, 0.2) is 0 Å². The molecule has 0 aromatic carbocycles. The van der Waals surface area contributed by atoms with Crippen molar-refractivity contribution in [1.29, 1.82) is 0 Å². The van der Waals surface area contributed by atoms with Crippen molar-refractivity contribution in [2.75, 3.05) is 13.2 Å². The Kier molecular flexibility index (Phi) is 12.7. The van der Waals surface area contributed by atoms with Crippen molar-refractivity contribution in [2.24, 2.45) is 11.8 Å². The first kappa shape index (κ1) is 29.3. The molecule has 188 valence electrons. The lowest BCUT2D eigenvalue weighted by Gasteiger charge is -2.54. The monoisotopic (exact) mass is 471 g/mol. The van der Waals surface area contributed by atoms with Gasteiger partial charge in [0.05, 0.1) is 16.7 Å². The molecule has 5 nitrogen and oxygen atoms in total. The van der Waals surface area contributed by atoms with Crippen LogP contribution in [-0.2, 0) is 19.1 Å². The van der Waals surface area contributed by atoms with Crippen molar-refractivity contribution in [3.63, 3.8) is 0 Å². The lowest BCUT2D eigenvalue weighted by atomic mass is 9.84. The fourth-order valence-electron chi connectivity index (χ4n) is 5.05. The summed E-state index contributed by atoms with van der Waals surface area (Å²) in [4.78, 5) is 27.1. The molecule has 1 aliphatic rings. The fourth-order valence-corrected chi connectivity index (χ4v) is 5.63. The Balaban J connectivity index is 2.68. The molecule has 0 aromatic rings. The van der Waals surface area contributed by atoms with E-state index in [4.69, 9.17) is 22.1 Å².